The van der Waals surface area contributed by atoms with Crippen LogP contribution in [0.1, 0.15) is 444 Å². The van der Waals surface area contributed by atoms with Gasteiger partial charge in [0.1, 0.15) is 63.8 Å². The highest BCUT2D eigenvalue weighted by Crippen LogP contribution is 2.61. The van der Waals surface area contributed by atoms with Crippen LogP contribution < -0.4 is 0 Å². The van der Waals surface area contributed by atoms with Crippen molar-refractivity contribution in [2.45, 2.75) is 398 Å². The highest BCUT2D eigenvalue weighted by Gasteiger charge is 2.57. The van der Waals surface area contributed by atoms with Crippen LogP contribution in [0.5, 0.6) is 0 Å². The fourth-order valence-corrected chi connectivity index (χ4v) is 42.4. The standard InChI is InChI=1S/C26H37OS.C23H29OS.C22H33OS.C20H29OS.C20H33OS.C14H19OS/c1-3-26(4-2,28-11-5-6-12-28)24(27)22-7-9-23(10-8-22)25-16-19-13-20(17-25)15-21(14-19)18-25;1-23(2,25(3)21-12-8-5-9-13-21)22(24)20-16-14-19(15-17-20)18-10-6-4-7-11-18;1-3-22(4-2,24-16-8-9-17-24)21(23)20-14-12-19(13-15-20)18-10-6-5-7-11-18;1-20(2,22-14-6-7-15-22)19(21)18-12-10-17(11-13-18)16-8-4-3-5-9-16;1-6-8-15-22(16-9-7-2)19(20(3,4)5)18(21)17-13-11-10-12-14-17;1-14(2,16-10-6-7-11-16)13(15)12-8-4-3-5-9-12/h7-10,19-21H,3-6,11-18H2,1-2H3;5,8-9,12-18H,4,6-7,10-11H2,1-3H3;12-15,18H,3-11,16-17H2,1-2H3;10-13,16H,3-9,14-15H2,1-2H3;10-14,19H,6-9,15-16H2,1-5H3;3-5,8-9H,6-7,10-11H2,1-2H3/q6*+1. The largest absolute Gasteiger partial charge is 0.288 e. The molecule has 2 atom stereocenters. The van der Waals surface area contributed by atoms with Gasteiger partial charge in [-0.2, -0.15) is 0 Å². The van der Waals surface area contributed by atoms with Gasteiger partial charge in [-0.1, -0.05) is 309 Å². The lowest BCUT2D eigenvalue weighted by atomic mass is 9.48. The molecule has 7 aliphatic carbocycles. The van der Waals surface area contributed by atoms with Crippen molar-refractivity contribution in [3.8, 4) is 0 Å². The minimum atomic E-state index is -0.395. The lowest BCUT2D eigenvalue weighted by Crippen LogP contribution is -2.48. The topological polar surface area (TPSA) is 102 Å². The molecule has 7 aromatic rings. The van der Waals surface area contributed by atoms with Crippen molar-refractivity contribution in [3.63, 3.8) is 0 Å². The summed E-state index contributed by atoms with van der Waals surface area (Å²) in [6.45, 7) is 32.9. The van der Waals surface area contributed by atoms with Gasteiger partial charge in [0.25, 0.3) is 0 Å². The van der Waals surface area contributed by atoms with E-state index in [1.807, 2.05) is 66.7 Å². The van der Waals surface area contributed by atoms with Crippen molar-refractivity contribution in [1.82, 2.24) is 0 Å². The molecule has 18 rings (SSSR count). The summed E-state index contributed by atoms with van der Waals surface area (Å²) < 4.78 is -0.935. The van der Waals surface area contributed by atoms with Crippen molar-refractivity contribution in [2.24, 2.45) is 23.2 Å². The third-order valence-electron chi connectivity index (χ3n) is 33.8. The fraction of sp³-hybridized carbons (Fsp3) is 0.616. The molecular formula is C125H180O6S6+6. The van der Waals surface area contributed by atoms with E-state index in [0.29, 0.717) is 40.2 Å². The second-order valence-electron chi connectivity index (χ2n) is 45.0. The molecule has 12 heteroatoms. The molecule has 2 unspecified atom stereocenters. The maximum Gasteiger partial charge on any atom is 0.217 e. The number of Topliss-reactive ketones (excluding diaryl/α,β-unsaturated/α-hetero) is 6. The van der Waals surface area contributed by atoms with Crippen LogP contribution in [0.3, 0.4) is 0 Å². The van der Waals surface area contributed by atoms with Crippen molar-refractivity contribution in [1.29, 1.82) is 0 Å². The monoisotopic (exact) mass is 1970 g/mol. The first-order valence-electron chi connectivity index (χ1n) is 54.8. The molecule has 4 bridgehead atoms. The molecule has 4 heterocycles. The summed E-state index contributed by atoms with van der Waals surface area (Å²) in [6, 6.07) is 65.0. The molecule has 0 radical (unpaired) electrons. The fourth-order valence-electron chi connectivity index (χ4n) is 25.4. The van der Waals surface area contributed by atoms with Gasteiger partial charge in [0, 0.05) is 119 Å². The van der Waals surface area contributed by atoms with E-state index >= 15 is 0 Å². The zero-order chi connectivity index (χ0) is 98.0. The number of hydrogen-bond donors (Lipinski definition) is 0. The van der Waals surface area contributed by atoms with E-state index < -0.39 is 4.75 Å². The van der Waals surface area contributed by atoms with Gasteiger partial charge < -0.3 is 0 Å². The van der Waals surface area contributed by atoms with Gasteiger partial charge in [-0.05, 0) is 269 Å². The first-order valence-corrected chi connectivity index (χ1v) is 64.3. The summed E-state index contributed by atoms with van der Waals surface area (Å²) in [7, 11) is 1.18. The van der Waals surface area contributed by atoms with E-state index in [0.717, 1.165) is 88.7 Å². The van der Waals surface area contributed by atoms with E-state index in [1.54, 1.807) is 5.56 Å². The van der Waals surface area contributed by atoms with Crippen molar-refractivity contribution < 1.29 is 28.8 Å². The second kappa shape index (κ2) is 52.4. The minimum Gasteiger partial charge on any atom is -0.288 e. The molecule has 6 nitrogen and oxygen atoms in total. The van der Waals surface area contributed by atoms with E-state index in [-0.39, 0.29) is 101 Å². The SMILES string of the molecule is CC(C)(C(=O)c1ccc(C2CCCCC2)cc1)[S+]1CCCC1.CC(C)(C(=O)c1ccccc1)[S+]1CCCC1.CCC(CC)(C(=O)c1ccc(C23CC4CC(CC(C4)C2)C3)cc1)[S+]1CCCC1.CCC(CC)(C(=O)c1ccc(C2CCCCC2)cc1)[S+]1CCCC1.CCCC[S+](CCCC)C(C(=O)c1ccccc1)C(C)(C)C.C[S+](c1ccccc1)C(C)(C)C(=O)c1ccc(C2CCCCC2)cc1. The Morgan fingerprint density at radius 1 is 0.328 bits per heavy atom. The van der Waals surface area contributed by atoms with Gasteiger partial charge in [-0.3, -0.25) is 28.8 Å². The van der Waals surface area contributed by atoms with E-state index in [2.05, 4.69) is 231 Å². The van der Waals surface area contributed by atoms with Crippen LogP contribution in [0.15, 0.2) is 193 Å². The lowest BCUT2D eigenvalue weighted by molar-refractivity contribution is -0.00520. The predicted octanol–water partition coefficient (Wildman–Crippen LogP) is 31.9. The van der Waals surface area contributed by atoms with E-state index in [9.17, 15) is 28.8 Å². The predicted molar refractivity (Wildman–Crippen MR) is 604 cm³/mol. The summed E-state index contributed by atoms with van der Waals surface area (Å²) in [4.78, 5) is 80.1. The number of benzene rings is 7. The Kier molecular flexibility index (Phi) is 42.3. The van der Waals surface area contributed by atoms with Crippen LogP contribution in [0.25, 0.3) is 0 Å². The quantitative estimate of drug-likeness (QED) is 0.0300. The number of rotatable bonds is 33. The number of hydrogen-bond acceptors (Lipinski definition) is 6. The van der Waals surface area contributed by atoms with Gasteiger partial charge in [0.05, 0.1) is 0 Å². The summed E-state index contributed by atoms with van der Waals surface area (Å²) in [5, 5.41) is 0.146. The third kappa shape index (κ3) is 28.1. The first kappa shape index (κ1) is 110. The summed E-state index contributed by atoms with van der Waals surface area (Å²) >= 11 is 0. The van der Waals surface area contributed by atoms with Crippen LogP contribution in [0.2, 0.25) is 0 Å². The van der Waals surface area contributed by atoms with Gasteiger partial charge in [0.15, 0.2) is 33.9 Å². The zero-order valence-corrected chi connectivity index (χ0v) is 93.0. The molecule has 4 aliphatic heterocycles. The molecule has 7 saturated carbocycles. The third-order valence-corrected chi connectivity index (χ3v) is 53.0. The second-order valence-corrected chi connectivity index (χ2v) is 60.7. The zero-order valence-electron chi connectivity index (χ0n) is 88.1. The van der Waals surface area contributed by atoms with Crippen molar-refractivity contribution in [2.75, 3.05) is 63.8 Å². The average Bonchev–Trinajstić information content (AvgIpc) is 1.30. The summed E-state index contributed by atoms with van der Waals surface area (Å²) in [6.07, 6.45) is 50.5. The molecule has 7 aromatic carbocycles. The molecule has 0 spiro atoms. The molecule has 137 heavy (non-hydrogen) atoms. The number of carbonyl (C=O) groups excluding carboxylic acids is 6. The lowest BCUT2D eigenvalue weighted by Gasteiger charge is -2.57. The number of carbonyl (C=O) groups is 6. The van der Waals surface area contributed by atoms with Crippen LogP contribution in [-0.4, -0.2) is 127 Å². The molecule has 11 aliphatic rings. The van der Waals surface area contributed by atoms with E-state index in [4.69, 9.17) is 0 Å². The highest BCUT2D eigenvalue weighted by molar-refractivity contribution is 8.00. The van der Waals surface area contributed by atoms with Gasteiger partial charge in [-0.25, -0.2) is 0 Å². The van der Waals surface area contributed by atoms with Crippen LogP contribution in [0, 0.1) is 23.2 Å². The molecule has 0 N–H and O–H groups in total. The molecule has 0 aromatic heterocycles. The number of ketones is 6. The minimum absolute atomic E-state index is 0.0253. The van der Waals surface area contributed by atoms with E-state index in [1.165, 1.54) is 291 Å². The van der Waals surface area contributed by atoms with Crippen LogP contribution >= 0.6 is 0 Å². The number of unbranched alkanes of at least 4 members (excludes halogenated alkanes) is 2. The molecular weight excluding hydrogens is 1790 g/mol. The van der Waals surface area contributed by atoms with Gasteiger partial charge >= 0.3 is 0 Å². The summed E-state index contributed by atoms with van der Waals surface area (Å²) in [5.74, 6) is 19.7. The molecule has 4 saturated heterocycles. The van der Waals surface area contributed by atoms with Crippen LogP contribution in [0.4, 0.5) is 0 Å². The Hall–Kier alpha value is -5.34. The first-order chi connectivity index (χ1) is 65.9. The summed E-state index contributed by atoms with van der Waals surface area (Å²) in [5.41, 5.74) is 11.8. The average molecular weight is 1970 g/mol. The Labute approximate surface area is 851 Å². The van der Waals surface area contributed by atoms with Gasteiger partial charge in [0.2, 0.25) is 34.7 Å². The Morgan fingerprint density at radius 2 is 0.613 bits per heavy atom. The maximum absolute atomic E-state index is 13.7. The smallest absolute Gasteiger partial charge is 0.217 e. The highest BCUT2D eigenvalue weighted by atomic mass is 32.2. The normalized spacial score (nSPS) is 21.5. The molecule has 0 amide bonds. The maximum atomic E-state index is 13.7. The molecule has 746 valence electrons. The van der Waals surface area contributed by atoms with Crippen molar-refractivity contribution in [3.05, 3.63) is 244 Å². The van der Waals surface area contributed by atoms with Crippen LogP contribution in [-0.2, 0) is 70.8 Å². The van der Waals surface area contributed by atoms with Gasteiger partial charge in [-0.15, -0.1) is 0 Å². The Morgan fingerprint density at radius 3 is 0.927 bits per heavy atom. The molecule has 11 fully saturated rings. The Balaban J connectivity index is 0.000000149. The van der Waals surface area contributed by atoms with Crippen molar-refractivity contribution >= 4 is 100 Å². The Bertz CT molecular complexity index is 4780.